The fourth-order valence-corrected chi connectivity index (χ4v) is 8.21. The summed E-state index contributed by atoms with van der Waals surface area (Å²) in [6, 6.07) is 7.24. The molecule has 10 heteroatoms. The summed E-state index contributed by atoms with van der Waals surface area (Å²) in [6.07, 6.45) is 11.3. The lowest BCUT2D eigenvalue weighted by molar-refractivity contribution is -0.132. The molecule has 0 aromatic heterocycles. The number of rotatable bonds is 12. The molecule has 8 nitrogen and oxygen atoms in total. The second-order valence-corrected chi connectivity index (χ2v) is 14.6. The summed E-state index contributed by atoms with van der Waals surface area (Å²) < 4.78 is 37.3. The molecule has 4 rings (SSSR count). The van der Waals surface area contributed by atoms with Gasteiger partial charge in [0.15, 0.2) is 0 Å². The molecule has 0 spiro atoms. The zero-order valence-corrected chi connectivity index (χ0v) is 26.8. The van der Waals surface area contributed by atoms with Gasteiger partial charge >= 0.3 is 0 Å². The molecule has 3 aliphatic rings. The minimum absolute atomic E-state index is 0.0111. The van der Waals surface area contributed by atoms with Crippen LogP contribution in [0.4, 0.5) is 5.69 Å². The van der Waals surface area contributed by atoms with Crippen molar-refractivity contribution in [1.29, 1.82) is 0 Å². The van der Waals surface area contributed by atoms with Crippen LogP contribution in [0.5, 0.6) is 0 Å². The Bertz CT molecular complexity index is 1250. The first kappa shape index (κ1) is 32.5. The molecule has 1 aromatic rings. The van der Waals surface area contributed by atoms with Crippen molar-refractivity contribution in [2.45, 2.75) is 70.1 Å². The Morgan fingerprint density at radius 1 is 1.19 bits per heavy atom. The molecule has 1 saturated carbocycles. The van der Waals surface area contributed by atoms with Crippen LogP contribution in [-0.2, 0) is 21.2 Å². The van der Waals surface area contributed by atoms with Crippen molar-refractivity contribution in [3.63, 3.8) is 0 Å². The van der Waals surface area contributed by atoms with Crippen LogP contribution in [0.3, 0.4) is 0 Å². The highest BCUT2D eigenvalue weighted by Crippen LogP contribution is 2.30. The van der Waals surface area contributed by atoms with E-state index in [0.717, 1.165) is 69.7 Å². The molecule has 230 valence electrons. The van der Waals surface area contributed by atoms with Crippen LogP contribution in [0.1, 0.15) is 57.9 Å². The largest absolute Gasteiger partial charge is 0.340 e. The first-order valence-electron chi connectivity index (χ1n) is 15.2. The van der Waals surface area contributed by atoms with E-state index < -0.39 is 15.3 Å². The highest BCUT2D eigenvalue weighted by molar-refractivity contribution is 7.96. The van der Waals surface area contributed by atoms with Crippen molar-refractivity contribution < 1.29 is 13.2 Å². The maximum absolute atomic E-state index is 13.4. The number of allylic oxidation sites excluding steroid dienone is 3. The molecule has 1 aromatic carbocycles. The summed E-state index contributed by atoms with van der Waals surface area (Å²) in [5.41, 5.74) is 3.72. The lowest BCUT2D eigenvalue weighted by Crippen LogP contribution is -2.50. The van der Waals surface area contributed by atoms with Crippen LogP contribution in [-0.4, -0.2) is 73.9 Å². The van der Waals surface area contributed by atoms with Crippen LogP contribution >= 0.6 is 12.1 Å². The third-order valence-corrected chi connectivity index (χ3v) is 11.1. The average molecular weight is 614 g/mol. The maximum Gasteiger partial charge on any atom is 0.235 e. The zero-order valence-electron chi connectivity index (χ0n) is 25.1. The summed E-state index contributed by atoms with van der Waals surface area (Å²) in [5, 5.41) is -0.491. The molecule has 2 N–H and O–H groups in total. The zero-order chi connectivity index (χ0) is 30.1. The Balaban J connectivity index is 1.23. The summed E-state index contributed by atoms with van der Waals surface area (Å²) in [7, 11) is -3.57. The number of fused-ring (bicyclic) bond motifs is 1. The van der Waals surface area contributed by atoms with Crippen molar-refractivity contribution in [2.75, 3.05) is 37.4 Å². The molecular weight excluding hydrogens is 567 g/mol. The molecule has 1 amide bonds. The number of carbonyl (C=O) groups is 1. The number of sulfonamides is 1. The highest BCUT2D eigenvalue weighted by Gasteiger charge is 2.35. The molecule has 0 radical (unpaired) electrons. The van der Waals surface area contributed by atoms with Gasteiger partial charge in [0.1, 0.15) is 0 Å². The normalized spacial score (nSPS) is 24.4. The van der Waals surface area contributed by atoms with Crippen LogP contribution in [0.25, 0.3) is 0 Å². The molecular formula is C32H47N5O3S2. The second kappa shape index (κ2) is 15.4. The molecule has 2 fully saturated rings. The van der Waals surface area contributed by atoms with Gasteiger partial charge in [0.05, 0.1) is 29.8 Å². The monoisotopic (exact) mass is 613 g/mol. The van der Waals surface area contributed by atoms with E-state index in [-0.39, 0.29) is 11.9 Å². The summed E-state index contributed by atoms with van der Waals surface area (Å²) in [5.74, 6) is 0.821. The average Bonchev–Trinajstić information content (AvgIpc) is 3.40. The molecule has 0 bridgehead atoms. The summed E-state index contributed by atoms with van der Waals surface area (Å²) >= 11 is 1.32. The van der Waals surface area contributed by atoms with E-state index in [4.69, 9.17) is 0 Å². The van der Waals surface area contributed by atoms with Crippen molar-refractivity contribution >= 4 is 39.5 Å². The summed E-state index contributed by atoms with van der Waals surface area (Å²) in [4.78, 5) is 17.4. The van der Waals surface area contributed by atoms with Crippen LogP contribution in [0.15, 0.2) is 65.6 Å². The van der Waals surface area contributed by atoms with E-state index in [0.29, 0.717) is 36.8 Å². The van der Waals surface area contributed by atoms with Gasteiger partial charge in [-0.15, -0.1) is 6.58 Å². The van der Waals surface area contributed by atoms with Gasteiger partial charge in [0.2, 0.25) is 15.9 Å². The van der Waals surface area contributed by atoms with Crippen molar-refractivity contribution in [3.05, 3.63) is 66.8 Å². The minimum Gasteiger partial charge on any atom is -0.340 e. The van der Waals surface area contributed by atoms with Gasteiger partial charge in [-0.2, -0.15) is 0 Å². The predicted octanol–water partition coefficient (Wildman–Crippen LogP) is 5.38. The van der Waals surface area contributed by atoms with Crippen molar-refractivity contribution in [1.82, 2.24) is 14.5 Å². The third-order valence-electron chi connectivity index (χ3n) is 8.63. The third kappa shape index (κ3) is 9.30. The SMILES string of the molecule is C=CC/C=C\CC(=C)C(C)CN1CCN(C(=O)Cc2ccc(NS(=O)(=O)C3CC4NSN=C4CC[C@@H](C)C3)cc2)CC1. The van der Waals surface area contributed by atoms with E-state index in [2.05, 4.69) is 57.9 Å². The van der Waals surface area contributed by atoms with Crippen LogP contribution in [0, 0.1) is 11.8 Å². The summed E-state index contributed by atoms with van der Waals surface area (Å²) in [6.45, 7) is 16.5. The van der Waals surface area contributed by atoms with Gasteiger partial charge in [-0.1, -0.05) is 56.4 Å². The van der Waals surface area contributed by atoms with Gasteiger partial charge in [-0.05, 0) is 68.1 Å². The van der Waals surface area contributed by atoms with Crippen molar-refractivity contribution in [3.8, 4) is 0 Å². The topological polar surface area (TPSA) is 94.1 Å². The Morgan fingerprint density at radius 2 is 1.93 bits per heavy atom. The Morgan fingerprint density at radius 3 is 2.64 bits per heavy atom. The lowest BCUT2D eigenvalue weighted by atomic mass is 9.89. The first-order chi connectivity index (χ1) is 20.1. The van der Waals surface area contributed by atoms with Crippen LogP contribution < -0.4 is 9.44 Å². The number of nitrogens with one attached hydrogen (secondary N) is 2. The molecule has 1 saturated heterocycles. The molecule has 2 aliphatic heterocycles. The molecule has 3 unspecified atom stereocenters. The fraction of sp³-hybridized carbons (Fsp3) is 0.562. The lowest BCUT2D eigenvalue weighted by Gasteiger charge is -2.36. The standard InChI is InChI=1S/C32H47N5O3S2/c1-5-6-7-8-9-25(3)26(4)23-36-16-18-37(19-17-36)32(38)21-27-11-13-28(14-12-27)35-42(39,40)29-20-24(2)10-15-30-31(22-29)34-41-33-30/h5,7-8,11-14,24,26,29,31,34-35H,1,3,6,9-10,15-23H2,2,4H3/b8-7-/t24-,26?,29?,31?/m1/s1. The van der Waals surface area contributed by atoms with Crippen molar-refractivity contribution in [2.24, 2.45) is 16.2 Å². The highest BCUT2D eigenvalue weighted by atomic mass is 32.2. The molecule has 42 heavy (non-hydrogen) atoms. The Kier molecular flexibility index (Phi) is 11.9. The number of benzene rings is 1. The number of hydrogen-bond acceptors (Lipinski definition) is 7. The maximum atomic E-state index is 13.4. The number of nitrogens with zero attached hydrogens (tertiary/aromatic N) is 3. The quantitative estimate of drug-likeness (QED) is 0.243. The first-order valence-corrected chi connectivity index (χ1v) is 17.5. The van der Waals surface area contributed by atoms with E-state index >= 15 is 0 Å². The van der Waals surface area contributed by atoms with Gasteiger partial charge in [-0.25, -0.2) is 17.5 Å². The predicted molar refractivity (Wildman–Crippen MR) is 176 cm³/mol. The van der Waals surface area contributed by atoms with Gasteiger partial charge in [-0.3, -0.25) is 14.4 Å². The second-order valence-electron chi connectivity index (χ2n) is 12.0. The van der Waals surface area contributed by atoms with E-state index in [1.54, 1.807) is 12.1 Å². The number of anilines is 1. The number of piperazine rings is 1. The number of amides is 1. The molecule has 1 aliphatic carbocycles. The minimum atomic E-state index is -3.57. The van der Waals surface area contributed by atoms with Crippen LogP contribution in [0.2, 0.25) is 0 Å². The van der Waals surface area contributed by atoms with Gasteiger partial charge < -0.3 is 4.90 Å². The fourth-order valence-electron chi connectivity index (χ4n) is 5.81. The van der Waals surface area contributed by atoms with E-state index in [1.807, 2.05) is 23.1 Å². The molecule has 2 heterocycles. The smallest absolute Gasteiger partial charge is 0.235 e. The van der Waals surface area contributed by atoms with Gasteiger partial charge in [0, 0.05) is 44.1 Å². The van der Waals surface area contributed by atoms with Gasteiger partial charge in [0.25, 0.3) is 0 Å². The van der Waals surface area contributed by atoms with E-state index in [9.17, 15) is 13.2 Å². The number of hydrogen-bond donors (Lipinski definition) is 2. The Labute approximate surface area is 257 Å². The Hall–Kier alpha value is -2.40. The van der Waals surface area contributed by atoms with E-state index in [1.165, 1.54) is 17.7 Å². The number of carbonyl (C=O) groups excluding carboxylic acids is 1. The molecule has 4 atom stereocenters.